The zero-order valence-electron chi connectivity index (χ0n) is 12.3. The van der Waals surface area contributed by atoms with Crippen LogP contribution < -0.4 is 5.32 Å². The fraction of sp³-hybridized carbons (Fsp3) is 0.647. The molecule has 0 bridgehead atoms. The van der Waals surface area contributed by atoms with Crippen LogP contribution in [0.15, 0.2) is 24.3 Å². The Balaban J connectivity index is 1.53. The largest absolute Gasteiger partial charge is 0.311 e. The number of nitrogens with zero attached hydrogens (tertiary/aromatic N) is 1. The summed E-state index contributed by atoms with van der Waals surface area (Å²) in [5.74, 6) is 0.861. The molecule has 0 unspecified atom stereocenters. The maximum Gasteiger partial charge on any atom is 0.0328 e. The van der Waals surface area contributed by atoms with Crippen LogP contribution >= 0.6 is 0 Å². The van der Waals surface area contributed by atoms with Gasteiger partial charge in [0.05, 0.1) is 0 Å². The number of rotatable bonds is 6. The van der Waals surface area contributed by atoms with Crippen LogP contribution in [-0.4, -0.2) is 31.1 Å². The Labute approximate surface area is 117 Å². The Morgan fingerprint density at radius 1 is 1.26 bits per heavy atom. The summed E-state index contributed by atoms with van der Waals surface area (Å²) in [6, 6.07) is 9.15. The number of hydrogen-bond donors (Lipinski definition) is 1. The van der Waals surface area contributed by atoms with Crippen LogP contribution in [0.3, 0.4) is 0 Å². The van der Waals surface area contributed by atoms with Crippen molar-refractivity contribution in [3.63, 3.8) is 0 Å². The SMILES string of the molecule is CN(C)C1(CNCc2cccc(C3CC3)c2)CCC1. The Morgan fingerprint density at radius 2 is 2.05 bits per heavy atom. The molecule has 0 heterocycles. The molecule has 0 spiro atoms. The number of benzene rings is 1. The monoisotopic (exact) mass is 258 g/mol. The Bertz CT molecular complexity index is 431. The van der Waals surface area contributed by atoms with Crippen molar-refractivity contribution in [2.24, 2.45) is 0 Å². The van der Waals surface area contributed by atoms with Crippen molar-refractivity contribution in [3.8, 4) is 0 Å². The Morgan fingerprint density at radius 3 is 2.63 bits per heavy atom. The van der Waals surface area contributed by atoms with Gasteiger partial charge < -0.3 is 10.2 Å². The van der Waals surface area contributed by atoms with Crippen molar-refractivity contribution in [1.29, 1.82) is 0 Å². The highest BCUT2D eigenvalue weighted by Gasteiger charge is 2.38. The van der Waals surface area contributed by atoms with Crippen molar-refractivity contribution in [2.75, 3.05) is 20.6 Å². The molecule has 2 saturated carbocycles. The predicted molar refractivity (Wildman–Crippen MR) is 80.4 cm³/mol. The molecular weight excluding hydrogens is 232 g/mol. The standard InChI is InChI=1S/C17H26N2/c1-19(2)17(9-4-10-17)13-18-12-14-5-3-6-16(11-14)15-7-8-15/h3,5-6,11,15,18H,4,7-10,12-13H2,1-2H3. The van der Waals surface area contributed by atoms with Crippen LogP contribution in [0.5, 0.6) is 0 Å². The average molecular weight is 258 g/mol. The van der Waals surface area contributed by atoms with Crippen molar-refractivity contribution in [3.05, 3.63) is 35.4 Å². The van der Waals surface area contributed by atoms with Crippen molar-refractivity contribution in [2.45, 2.75) is 50.1 Å². The third-order valence-electron chi connectivity index (χ3n) is 5.02. The van der Waals surface area contributed by atoms with E-state index in [0.717, 1.165) is 19.0 Å². The van der Waals surface area contributed by atoms with E-state index in [2.05, 4.69) is 48.6 Å². The van der Waals surface area contributed by atoms with Gasteiger partial charge in [-0.05, 0) is 63.2 Å². The molecule has 2 aliphatic carbocycles. The van der Waals surface area contributed by atoms with Crippen LogP contribution in [0.4, 0.5) is 0 Å². The minimum Gasteiger partial charge on any atom is -0.311 e. The van der Waals surface area contributed by atoms with Gasteiger partial charge in [-0.25, -0.2) is 0 Å². The molecule has 0 aliphatic heterocycles. The second-order valence-corrected chi connectivity index (χ2v) is 6.60. The average Bonchev–Trinajstić information content (AvgIpc) is 3.16. The first-order chi connectivity index (χ1) is 9.20. The molecule has 2 fully saturated rings. The summed E-state index contributed by atoms with van der Waals surface area (Å²) in [4.78, 5) is 2.41. The molecule has 2 aliphatic rings. The first kappa shape index (κ1) is 13.1. The van der Waals surface area contributed by atoms with E-state index < -0.39 is 0 Å². The third-order valence-corrected chi connectivity index (χ3v) is 5.02. The summed E-state index contributed by atoms with van der Waals surface area (Å²) in [6.45, 7) is 2.13. The molecular formula is C17H26N2. The second-order valence-electron chi connectivity index (χ2n) is 6.60. The van der Waals surface area contributed by atoms with E-state index in [9.17, 15) is 0 Å². The number of hydrogen-bond acceptors (Lipinski definition) is 2. The van der Waals surface area contributed by atoms with Crippen molar-refractivity contribution in [1.82, 2.24) is 10.2 Å². The van der Waals surface area contributed by atoms with Gasteiger partial charge >= 0.3 is 0 Å². The van der Waals surface area contributed by atoms with E-state index in [-0.39, 0.29) is 0 Å². The Kier molecular flexibility index (Phi) is 3.64. The molecule has 104 valence electrons. The van der Waals surface area contributed by atoms with E-state index in [1.165, 1.54) is 37.7 Å². The first-order valence-electron chi connectivity index (χ1n) is 7.67. The van der Waals surface area contributed by atoms with E-state index in [1.807, 2.05) is 0 Å². The van der Waals surface area contributed by atoms with Gasteiger partial charge in [-0.3, -0.25) is 0 Å². The van der Waals surface area contributed by atoms with E-state index in [1.54, 1.807) is 5.56 Å². The van der Waals surface area contributed by atoms with Crippen molar-refractivity contribution < 1.29 is 0 Å². The zero-order valence-corrected chi connectivity index (χ0v) is 12.3. The van der Waals surface area contributed by atoms with Gasteiger partial charge in [-0.15, -0.1) is 0 Å². The maximum atomic E-state index is 3.67. The van der Waals surface area contributed by atoms with Gasteiger partial charge in [0.2, 0.25) is 0 Å². The molecule has 0 amide bonds. The summed E-state index contributed by atoms with van der Waals surface area (Å²) in [6.07, 6.45) is 6.85. The summed E-state index contributed by atoms with van der Waals surface area (Å²) in [5.41, 5.74) is 3.41. The van der Waals surface area contributed by atoms with Gasteiger partial charge in [0.25, 0.3) is 0 Å². The molecule has 2 heteroatoms. The van der Waals surface area contributed by atoms with Gasteiger partial charge in [-0.1, -0.05) is 24.3 Å². The van der Waals surface area contributed by atoms with Gasteiger partial charge in [-0.2, -0.15) is 0 Å². The lowest BCUT2D eigenvalue weighted by Crippen LogP contribution is -2.56. The lowest BCUT2D eigenvalue weighted by Gasteiger charge is -2.47. The summed E-state index contributed by atoms with van der Waals surface area (Å²) in [5, 5.41) is 3.67. The minimum absolute atomic E-state index is 0.425. The first-order valence-corrected chi connectivity index (χ1v) is 7.67. The second kappa shape index (κ2) is 5.26. The van der Waals surface area contributed by atoms with Crippen LogP contribution in [0.25, 0.3) is 0 Å². The van der Waals surface area contributed by atoms with Crippen LogP contribution in [0.1, 0.15) is 49.1 Å². The molecule has 1 N–H and O–H groups in total. The Hall–Kier alpha value is -0.860. The molecule has 19 heavy (non-hydrogen) atoms. The van der Waals surface area contributed by atoms with E-state index in [4.69, 9.17) is 0 Å². The van der Waals surface area contributed by atoms with Gasteiger partial charge in [0.15, 0.2) is 0 Å². The lowest BCUT2D eigenvalue weighted by molar-refractivity contribution is 0.0598. The van der Waals surface area contributed by atoms with Crippen molar-refractivity contribution >= 4 is 0 Å². The van der Waals surface area contributed by atoms with Crippen LogP contribution in [-0.2, 0) is 6.54 Å². The topological polar surface area (TPSA) is 15.3 Å². The van der Waals surface area contributed by atoms with Crippen LogP contribution in [0, 0.1) is 0 Å². The molecule has 1 aromatic rings. The molecule has 0 aromatic heterocycles. The molecule has 1 aromatic carbocycles. The summed E-state index contributed by atoms with van der Waals surface area (Å²) in [7, 11) is 4.43. The molecule has 0 radical (unpaired) electrons. The molecule has 3 rings (SSSR count). The van der Waals surface area contributed by atoms with E-state index in [0.29, 0.717) is 5.54 Å². The number of likely N-dealkylation sites (N-methyl/N-ethyl adjacent to an activating group) is 1. The molecule has 2 nitrogen and oxygen atoms in total. The highest BCUT2D eigenvalue weighted by molar-refractivity contribution is 5.29. The fourth-order valence-electron chi connectivity index (χ4n) is 3.18. The quantitative estimate of drug-likeness (QED) is 0.843. The van der Waals surface area contributed by atoms with E-state index >= 15 is 0 Å². The molecule has 0 atom stereocenters. The highest BCUT2D eigenvalue weighted by atomic mass is 15.2. The smallest absolute Gasteiger partial charge is 0.0328 e. The maximum absolute atomic E-state index is 3.67. The molecule has 0 saturated heterocycles. The van der Waals surface area contributed by atoms with Gasteiger partial charge in [0.1, 0.15) is 0 Å². The third kappa shape index (κ3) is 2.85. The predicted octanol–water partition coefficient (Wildman–Crippen LogP) is 3.14. The minimum atomic E-state index is 0.425. The highest BCUT2D eigenvalue weighted by Crippen LogP contribution is 2.40. The summed E-state index contributed by atoms with van der Waals surface area (Å²) >= 11 is 0. The van der Waals surface area contributed by atoms with Gasteiger partial charge in [0, 0.05) is 18.6 Å². The summed E-state index contributed by atoms with van der Waals surface area (Å²) < 4.78 is 0. The number of nitrogens with one attached hydrogen (secondary N) is 1. The van der Waals surface area contributed by atoms with Crippen LogP contribution in [0.2, 0.25) is 0 Å². The lowest BCUT2D eigenvalue weighted by atomic mass is 9.75. The normalized spacial score (nSPS) is 21.4. The zero-order chi connectivity index (χ0) is 13.3. The fourth-order valence-corrected chi connectivity index (χ4v) is 3.18.